The molecule has 38 heavy (non-hydrogen) atoms. The minimum atomic E-state index is -0.678. The molecule has 0 radical (unpaired) electrons. The third kappa shape index (κ3) is 4.65. The molecule has 4 aromatic rings. The number of fused-ring (bicyclic) bond motifs is 1. The van der Waals surface area contributed by atoms with Gasteiger partial charge in [0.1, 0.15) is 11.6 Å². The summed E-state index contributed by atoms with van der Waals surface area (Å²) in [5, 5.41) is 7.77. The molecule has 3 aromatic heterocycles. The van der Waals surface area contributed by atoms with Gasteiger partial charge in [0.25, 0.3) is 0 Å². The van der Waals surface area contributed by atoms with Gasteiger partial charge in [-0.05, 0) is 48.7 Å². The molecule has 5 rings (SSSR count). The number of aromatic nitrogens is 4. The fourth-order valence-electron chi connectivity index (χ4n) is 5.32. The van der Waals surface area contributed by atoms with E-state index in [0.717, 1.165) is 5.69 Å². The minimum Gasteiger partial charge on any atom is -0.368 e. The number of amides is 1. The Bertz CT molecular complexity index is 1470. The van der Waals surface area contributed by atoms with Crippen molar-refractivity contribution in [1.82, 2.24) is 24.5 Å². The van der Waals surface area contributed by atoms with Gasteiger partial charge in [-0.25, -0.2) is 13.8 Å². The van der Waals surface area contributed by atoms with Crippen molar-refractivity contribution < 1.29 is 13.6 Å². The second kappa shape index (κ2) is 9.97. The van der Waals surface area contributed by atoms with Crippen LogP contribution in [0.25, 0.3) is 16.8 Å². The number of likely N-dealkylation sites (N-methyl/N-ethyl adjacent to an activating group) is 1. The molecule has 1 aliphatic rings. The summed E-state index contributed by atoms with van der Waals surface area (Å²) in [4.78, 5) is 24.6. The first kappa shape index (κ1) is 25.5. The van der Waals surface area contributed by atoms with E-state index in [1.165, 1.54) is 16.6 Å². The number of benzene rings is 1. The molecule has 1 aromatic carbocycles. The van der Waals surface area contributed by atoms with Crippen molar-refractivity contribution >= 4 is 28.7 Å². The van der Waals surface area contributed by atoms with Crippen LogP contribution in [-0.2, 0) is 4.79 Å². The maximum atomic E-state index is 14.6. The number of anilines is 3. The maximum absolute atomic E-state index is 14.6. The molecule has 3 N–H and O–H groups in total. The first-order chi connectivity index (χ1) is 18.1. The Kier molecular flexibility index (Phi) is 6.70. The lowest BCUT2D eigenvalue weighted by atomic mass is 9.88. The Morgan fingerprint density at radius 2 is 1.89 bits per heavy atom. The van der Waals surface area contributed by atoms with Gasteiger partial charge in [-0.3, -0.25) is 9.78 Å². The van der Waals surface area contributed by atoms with Gasteiger partial charge in [0.2, 0.25) is 11.9 Å². The first-order valence-corrected chi connectivity index (χ1v) is 12.4. The minimum absolute atomic E-state index is 0.0135. The van der Waals surface area contributed by atoms with E-state index in [-0.39, 0.29) is 35.2 Å². The van der Waals surface area contributed by atoms with Crippen LogP contribution in [-0.4, -0.2) is 62.6 Å². The Morgan fingerprint density at radius 3 is 2.58 bits per heavy atom. The number of aryl methyl sites for hydroxylation is 1. The zero-order valence-electron chi connectivity index (χ0n) is 21.7. The summed E-state index contributed by atoms with van der Waals surface area (Å²) >= 11 is 0. The zero-order chi connectivity index (χ0) is 27.1. The Balaban J connectivity index is 1.46. The van der Waals surface area contributed by atoms with Crippen molar-refractivity contribution in [1.29, 1.82) is 0 Å². The van der Waals surface area contributed by atoms with Gasteiger partial charge in [-0.15, -0.1) is 0 Å². The molecule has 3 atom stereocenters. The molecule has 198 valence electrons. The summed E-state index contributed by atoms with van der Waals surface area (Å²) in [5.41, 5.74) is 9.19. The van der Waals surface area contributed by atoms with Crippen LogP contribution in [0.5, 0.6) is 0 Å². The van der Waals surface area contributed by atoms with Gasteiger partial charge >= 0.3 is 0 Å². The number of pyridine rings is 1. The second-order valence-corrected chi connectivity index (χ2v) is 9.93. The number of nitrogens with one attached hydrogen (secondary N) is 1. The largest absolute Gasteiger partial charge is 0.368 e. The van der Waals surface area contributed by atoms with E-state index in [0.29, 0.717) is 35.8 Å². The van der Waals surface area contributed by atoms with Crippen molar-refractivity contribution in [3.8, 4) is 11.3 Å². The average Bonchev–Trinajstić information content (AvgIpc) is 3.25. The van der Waals surface area contributed by atoms with E-state index >= 15 is 0 Å². The summed E-state index contributed by atoms with van der Waals surface area (Å²) in [7, 11) is 1.79. The average molecular weight is 521 g/mol. The van der Waals surface area contributed by atoms with E-state index in [4.69, 9.17) is 5.73 Å². The van der Waals surface area contributed by atoms with Gasteiger partial charge in [-0.2, -0.15) is 9.61 Å². The van der Waals surface area contributed by atoms with E-state index in [1.807, 2.05) is 6.07 Å². The standard InChI is InChI=1S/C27H30F2N8O/c1-15-9-19(28)25(20(29)10-15)22-6-5-18-11-32-27(37(18)34-22)33-23-12-31-8-7-24(23)36-13-16(2)26(21(30)14-36)35(4)17(3)38/h5-12,16,21,26H,13-14,30H2,1-4H3,(H,32,33)/t16-,21+,26-/m0/s1. The lowest BCUT2D eigenvalue weighted by Crippen LogP contribution is -2.62. The highest BCUT2D eigenvalue weighted by molar-refractivity contribution is 5.75. The van der Waals surface area contributed by atoms with Crippen molar-refractivity contribution in [3.05, 3.63) is 66.1 Å². The van der Waals surface area contributed by atoms with Crippen LogP contribution in [0.4, 0.5) is 26.1 Å². The van der Waals surface area contributed by atoms with Crippen molar-refractivity contribution in [2.75, 3.05) is 30.4 Å². The monoisotopic (exact) mass is 520 g/mol. The van der Waals surface area contributed by atoms with Crippen molar-refractivity contribution in [3.63, 3.8) is 0 Å². The topological polar surface area (TPSA) is 105 Å². The van der Waals surface area contributed by atoms with Gasteiger partial charge < -0.3 is 20.9 Å². The lowest BCUT2D eigenvalue weighted by Gasteiger charge is -2.46. The summed E-state index contributed by atoms with van der Waals surface area (Å²) < 4.78 is 30.8. The third-order valence-corrected chi connectivity index (χ3v) is 7.12. The molecule has 0 aliphatic carbocycles. The maximum Gasteiger partial charge on any atom is 0.229 e. The smallest absolute Gasteiger partial charge is 0.229 e. The number of nitrogens with two attached hydrogens (primary N) is 1. The van der Waals surface area contributed by atoms with Gasteiger partial charge in [-0.1, -0.05) is 6.92 Å². The SMILES string of the molecule is CC(=O)N(C)[C@@H]1[C@H](N)CN(c2ccncc2Nc2ncc3ccc(-c4c(F)cc(C)cc4F)nn23)C[C@@H]1C. The Morgan fingerprint density at radius 1 is 1.16 bits per heavy atom. The second-order valence-electron chi connectivity index (χ2n) is 9.93. The van der Waals surface area contributed by atoms with Crippen molar-refractivity contribution in [2.24, 2.45) is 11.7 Å². The molecule has 0 bridgehead atoms. The molecule has 1 saturated heterocycles. The molecular weight excluding hydrogens is 490 g/mol. The Hall–Kier alpha value is -4.12. The third-order valence-electron chi connectivity index (χ3n) is 7.12. The number of hydrogen-bond acceptors (Lipinski definition) is 7. The number of imidazole rings is 1. The number of piperidine rings is 1. The molecule has 0 saturated carbocycles. The quantitative estimate of drug-likeness (QED) is 0.413. The summed E-state index contributed by atoms with van der Waals surface area (Å²) in [6.45, 7) is 6.49. The van der Waals surface area contributed by atoms with E-state index in [2.05, 4.69) is 32.2 Å². The molecule has 1 amide bonds. The van der Waals surface area contributed by atoms with E-state index in [9.17, 15) is 13.6 Å². The van der Waals surface area contributed by atoms with Gasteiger partial charge in [0, 0.05) is 39.3 Å². The summed E-state index contributed by atoms with van der Waals surface area (Å²) in [6.07, 6.45) is 5.01. The fourth-order valence-corrected chi connectivity index (χ4v) is 5.32. The first-order valence-electron chi connectivity index (χ1n) is 12.4. The van der Waals surface area contributed by atoms with Crippen LogP contribution in [0.3, 0.4) is 0 Å². The molecule has 9 nitrogen and oxygen atoms in total. The Labute approximate surface area is 219 Å². The van der Waals surface area contributed by atoms with Crippen LogP contribution in [0.2, 0.25) is 0 Å². The molecule has 1 fully saturated rings. The molecular formula is C27H30F2N8O. The summed E-state index contributed by atoms with van der Waals surface area (Å²) in [5.74, 6) is -0.872. The van der Waals surface area contributed by atoms with Crippen molar-refractivity contribution in [2.45, 2.75) is 32.9 Å². The number of carbonyl (C=O) groups is 1. The van der Waals surface area contributed by atoms with Gasteiger partial charge in [0.05, 0.1) is 46.6 Å². The number of carbonyl (C=O) groups excluding carboxylic acids is 1. The fraction of sp³-hybridized carbons (Fsp3) is 0.333. The van der Waals surface area contributed by atoms with Crippen LogP contribution in [0, 0.1) is 24.5 Å². The van der Waals surface area contributed by atoms with Crippen LogP contribution >= 0.6 is 0 Å². The highest BCUT2D eigenvalue weighted by atomic mass is 19.1. The highest BCUT2D eigenvalue weighted by Crippen LogP contribution is 2.33. The van der Waals surface area contributed by atoms with Crippen LogP contribution < -0.4 is 16.0 Å². The number of nitrogens with zero attached hydrogens (tertiary/aromatic N) is 6. The molecule has 1 aliphatic heterocycles. The summed E-state index contributed by atoms with van der Waals surface area (Å²) in [6, 6.07) is 7.42. The van der Waals surface area contributed by atoms with Crippen LogP contribution in [0.1, 0.15) is 19.4 Å². The molecule has 4 heterocycles. The van der Waals surface area contributed by atoms with E-state index in [1.54, 1.807) is 56.5 Å². The lowest BCUT2D eigenvalue weighted by molar-refractivity contribution is -0.131. The number of hydrogen-bond donors (Lipinski definition) is 2. The molecule has 0 unspecified atom stereocenters. The van der Waals surface area contributed by atoms with Gasteiger partial charge in [0.15, 0.2) is 0 Å². The number of rotatable bonds is 5. The predicted octanol–water partition coefficient (Wildman–Crippen LogP) is 3.75. The molecule has 11 heteroatoms. The molecule has 0 spiro atoms. The highest BCUT2D eigenvalue weighted by Gasteiger charge is 2.36. The predicted molar refractivity (Wildman–Crippen MR) is 142 cm³/mol. The normalized spacial score (nSPS) is 19.6. The van der Waals surface area contributed by atoms with E-state index < -0.39 is 11.6 Å². The van der Waals surface area contributed by atoms with Crippen LogP contribution in [0.15, 0.2) is 48.9 Å². The number of halogens is 2. The zero-order valence-corrected chi connectivity index (χ0v) is 21.7.